The predicted molar refractivity (Wildman–Crippen MR) is 78.7 cm³/mol. The van der Waals surface area contributed by atoms with Gasteiger partial charge in [0.1, 0.15) is 11.5 Å². The Hall–Kier alpha value is -3.16. The van der Waals surface area contributed by atoms with Gasteiger partial charge in [-0.2, -0.15) is 0 Å². The zero-order valence-electron chi connectivity index (χ0n) is 11.7. The van der Waals surface area contributed by atoms with Gasteiger partial charge in [-0.3, -0.25) is 9.59 Å². The first kappa shape index (κ1) is 13.8. The minimum Gasteiger partial charge on any atom is -0.491 e. The number of fused-ring (bicyclic) bond motifs is 1. The lowest BCUT2D eigenvalue weighted by Crippen LogP contribution is -2.25. The van der Waals surface area contributed by atoms with Crippen LogP contribution in [0.1, 0.15) is 16.3 Å². The topological polar surface area (TPSA) is 113 Å². The van der Waals surface area contributed by atoms with Crippen molar-refractivity contribution in [1.29, 1.82) is 0 Å². The maximum atomic E-state index is 12.0. The van der Waals surface area contributed by atoms with E-state index >= 15 is 0 Å². The summed E-state index contributed by atoms with van der Waals surface area (Å²) in [6.45, 7) is 0.198. The third-order valence-corrected chi connectivity index (χ3v) is 3.06. The molecule has 0 saturated carbocycles. The lowest BCUT2D eigenvalue weighted by molar-refractivity contribution is 0.0945. The maximum absolute atomic E-state index is 12.0. The zero-order valence-corrected chi connectivity index (χ0v) is 11.7. The second-order valence-electron chi connectivity index (χ2n) is 4.52. The quantitative estimate of drug-likeness (QED) is 0.652. The molecule has 22 heavy (non-hydrogen) atoms. The van der Waals surface area contributed by atoms with Gasteiger partial charge in [0, 0.05) is 18.5 Å². The molecule has 3 aromatic heterocycles. The number of amides is 1. The molecule has 112 valence electrons. The summed E-state index contributed by atoms with van der Waals surface area (Å²) in [4.78, 5) is 37.7. The number of aromatic nitrogens is 4. The lowest BCUT2D eigenvalue weighted by atomic mass is 10.3. The minimum atomic E-state index is -0.409. The number of carbonyl (C=O) groups is 1. The predicted octanol–water partition coefficient (Wildman–Crippen LogP) is 0.585. The van der Waals surface area contributed by atoms with Crippen LogP contribution in [0.15, 0.2) is 35.4 Å². The Labute approximate surface area is 124 Å². The summed E-state index contributed by atoms with van der Waals surface area (Å²) in [7, 11) is 1.39. The number of methoxy groups -OCH3 is 1. The second-order valence-corrected chi connectivity index (χ2v) is 4.52. The fraction of sp³-hybridized carbons (Fsp3) is 0.143. The van der Waals surface area contributed by atoms with Crippen molar-refractivity contribution in [1.82, 2.24) is 25.3 Å². The molecule has 0 aliphatic carbocycles. The van der Waals surface area contributed by atoms with Crippen molar-refractivity contribution in [3.63, 3.8) is 0 Å². The van der Waals surface area contributed by atoms with E-state index in [0.717, 1.165) is 5.52 Å². The van der Waals surface area contributed by atoms with Gasteiger partial charge in [0.05, 0.1) is 19.2 Å². The Kier molecular flexibility index (Phi) is 3.57. The van der Waals surface area contributed by atoms with Gasteiger partial charge in [0.2, 0.25) is 5.43 Å². The molecule has 0 atom stereocenters. The summed E-state index contributed by atoms with van der Waals surface area (Å²) < 4.78 is 4.85. The first-order valence-electron chi connectivity index (χ1n) is 6.52. The van der Waals surface area contributed by atoms with E-state index < -0.39 is 5.91 Å². The Morgan fingerprint density at radius 3 is 3.05 bits per heavy atom. The van der Waals surface area contributed by atoms with Gasteiger partial charge in [-0.25, -0.2) is 9.97 Å². The number of rotatable bonds is 4. The number of nitrogens with one attached hydrogen (secondary N) is 3. The van der Waals surface area contributed by atoms with Crippen LogP contribution in [-0.4, -0.2) is 33.0 Å². The number of imidazole rings is 1. The third-order valence-electron chi connectivity index (χ3n) is 3.06. The summed E-state index contributed by atoms with van der Waals surface area (Å²) in [5, 5.41) is 2.67. The van der Waals surface area contributed by atoms with Crippen LogP contribution in [-0.2, 0) is 6.54 Å². The highest BCUT2D eigenvalue weighted by Gasteiger charge is 2.10. The third kappa shape index (κ3) is 2.66. The van der Waals surface area contributed by atoms with E-state index in [1.807, 2.05) is 6.07 Å². The number of hydrogen-bond acceptors (Lipinski definition) is 5. The number of H-pyrrole nitrogens is 2. The van der Waals surface area contributed by atoms with Crippen LogP contribution in [0.5, 0.6) is 5.75 Å². The summed E-state index contributed by atoms with van der Waals surface area (Å²) >= 11 is 0. The molecule has 3 heterocycles. The van der Waals surface area contributed by atoms with Gasteiger partial charge in [-0.1, -0.05) is 0 Å². The Bertz CT molecular complexity index is 850. The Morgan fingerprint density at radius 1 is 1.45 bits per heavy atom. The van der Waals surface area contributed by atoms with Crippen molar-refractivity contribution in [3.05, 3.63) is 52.3 Å². The molecule has 0 aromatic carbocycles. The summed E-state index contributed by atoms with van der Waals surface area (Å²) in [5.41, 5.74) is 1.17. The fourth-order valence-corrected chi connectivity index (χ4v) is 1.99. The fourth-order valence-electron chi connectivity index (χ4n) is 1.99. The molecule has 3 aromatic rings. The van der Waals surface area contributed by atoms with Crippen molar-refractivity contribution in [2.75, 3.05) is 7.11 Å². The highest BCUT2D eigenvalue weighted by molar-refractivity contribution is 5.92. The highest BCUT2D eigenvalue weighted by atomic mass is 16.5. The normalized spacial score (nSPS) is 10.6. The SMILES string of the molecule is COc1c[nH]c(C(=O)NCc2nc3ncccc3[nH]2)cc1=O. The number of hydrogen-bond donors (Lipinski definition) is 3. The standard InChI is InChI=1S/C14H13N5O3/c1-22-11-6-16-9(5-10(11)20)14(21)17-7-12-18-8-3-2-4-15-13(8)19-12/h2-6H,7H2,1H3,(H,16,20)(H,17,21)(H,15,18,19). The van der Waals surface area contributed by atoms with Crippen LogP contribution in [0.2, 0.25) is 0 Å². The van der Waals surface area contributed by atoms with Crippen LogP contribution >= 0.6 is 0 Å². The molecule has 3 N–H and O–H groups in total. The monoisotopic (exact) mass is 299 g/mol. The van der Waals surface area contributed by atoms with E-state index in [9.17, 15) is 9.59 Å². The Morgan fingerprint density at radius 2 is 2.32 bits per heavy atom. The van der Waals surface area contributed by atoms with Crippen LogP contribution in [0.3, 0.4) is 0 Å². The number of carbonyl (C=O) groups excluding carboxylic acids is 1. The van der Waals surface area contributed by atoms with E-state index in [1.165, 1.54) is 19.4 Å². The average Bonchev–Trinajstić information content (AvgIpc) is 2.95. The van der Waals surface area contributed by atoms with E-state index in [4.69, 9.17) is 4.74 Å². The van der Waals surface area contributed by atoms with Crippen LogP contribution in [0.25, 0.3) is 11.2 Å². The van der Waals surface area contributed by atoms with Crippen LogP contribution in [0.4, 0.5) is 0 Å². The van der Waals surface area contributed by atoms with Crippen molar-refractivity contribution < 1.29 is 9.53 Å². The number of nitrogens with zero attached hydrogens (tertiary/aromatic N) is 2. The van der Waals surface area contributed by atoms with Crippen molar-refractivity contribution in [2.24, 2.45) is 0 Å². The zero-order chi connectivity index (χ0) is 15.5. The van der Waals surface area contributed by atoms with E-state index in [2.05, 4.69) is 25.3 Å². The van der Waals surface area contributed by atoms with E-state index in [0.29, 0.717) is 11.5 Å². The molecule has 0 saturated heterocycles. The molecular formula is C14H13N5O3. The molecule has 0 unspecified atom stereocenters. The molecule has 1 amide bonds. The number of aromatic amines is 2. The van der Waals surface area contributed by atoms with Crippen molar-refractivity contribution in [3.8, 4) is 5.75 Å². The van der Waals surface area contributed by atoms with Crippen LogP contribution < -0.4 is 15.5 Å². The number of ether oxygens (including phenoxy) is 1. The van der Waals surface area contributed by atoms with Gasteiger partial charge in [-0.15, -0.1) is 0 Å². The van der Waals surface area contributed by atoms with Gasteiger partial charge < -0.3 is 20.0 Å². The minimum absolute atomic E-state index is 0.153. The first-order valence-corrected chi connectivity index (χ1v) is 6.52. The van der Waals surface area contributed by atoms with E-state index in [-0.39, 0.29) is 23.4 Å². The summed E-state index contributed by atoms with van der Waals surface area (Å²) in [6, 6.07) is 4.83. The summed E-state index contributed by atoms with van der Waals surface area (Å²) in [6.07, 6.45) is 3.00. The van der Waals surface area contributed by atoms with Crippen molar-refractivity contribution in [2.45, 2.75) is 6.54 Å². The molecule has 0 bridgehead atoms. The lowest BCUT2D eigenvalue weighted by Gasteiger charge is -2.04. The summed E-state index contributed by atoms with van der Waals surface area (Å²) in [5.74, 6) is 0.325. The average molecular weight is 299 g/mol. The molecule has 8 nitrogen and oxygen atoms in total. The molecule has 0 fully saturated rings. The van der Waals surface area contributed by atoms with Gasteiger partial charge in [-0.05, 0) is 12.1 Å². The molecule has 0 spiro atoms. The van der Waals surface area contributed by atoms with Gasteiger partial charge in [0.25, 0.3) is 5.91 Å². The molecule has 0 aliphatic heterocycles. The molecular weight excluding hydrogens is 286 g/mol. The number of pyridine rings is 2. The molecule has 0 aliphatic rings. The van der Waals surface area contributed by atoms with E-state index in [1.54, 1.807) is 12.3 Å². The van der Waals surface area contributed by atoms with Gasteiger partial charge >= 0.3 is 0 Å². The molecule has 0 radical (unpaired) electrons. The maximum Gasteiger partial charge on any atom is 0.268 e. The molecule has 3 rings (SSSR count). The van der Waals surface area contributed by atoms with Crippen LogP contribution in [0, 0.1) is 0 Å². The molecule has 8 heteroatoms. The highest BCUT2D eigenvalue weighted by Crippen LogP contribution is 2.07. The second kappa shape index (κ2) is 5.68. The first-order chi connectivity index (χ1) is 10.7. The van der Waals surface area contributed by atoms with Gasteiger partial charge in [0.15, 0.2) is 11.4 Å². The Balaban J connectivity index is 1.71. The van der Waals surface area contributed by atoms with Crippen molar-refractivity contribution >= 4 is 17.1 Å². The smallest absolute Gasteiger partial charge is 0.268 e. The largest absolute Gasteiger partial charge is 0.491 e.